The third-order valence-corrected chi connectivity index (χ3v) is 4.46. The average molecular weight is 246 g/mol. The molecule has 0 radical (unpaired) electrons. The van der Waals surface area contributed by atoms with Crippen LogP contribution in [0.4, 0.5) is 0 Å². The summed E-state index contributed by atoms with van der Waals surface area (Å²) in [6.07, 6.45) is 3.04. The van der Waals surface area contributed by atoms with Gasteiger partial charge in [-0.25, -0.2) is 0 Å². The molecule has 0 aromatic carbocycles. The molecule has 4 heteroatoms. The maximum atomic E-state index is 11.3. The van der Waals surface area contributed by atoms with E-state index in [-0.39, 0.29) is 5.25 Å². The second-order valence-corrected chi connectivity index (χ2v) is 7.15. The molecule has 0 bridgehead atoms. The molecule has 1 saturated heterocycles. The van der Waals surface area contributed by atoms with Gasteiger partial charge in [-0.3, -0.25) is 9.11 Å². The zero-order valence-corrected chi connectivity index (χ0v) is 11.8. The molecule has 3 nitrogen and oxygen atoms in total. The Kier molecular flexibility index (Phi) is 5.94. The maximum Gasteiger partial charge on any atom is 0.0444 e. The Labute approximate surface area is 102 Å². The van der Waals surface area contributed by atoms with Crippen LogP contribution in [0.15, 0.2) is 0 Å². The van der Waals surface area contributed by atoms with Crippen LogP contribution < -0.4 is 5.32 Å². The van der Waals surface area contributed by atoms with Gasteiger partial charge >= 0.3 is 0 Å². The summed E-state index contributed by atoms with van der Waals surface area (Å²) in [5.74, 6) is 0.746. The molecule has 3 unspecified atom stereocenters. The van der Waals surface area contributed by atoms with Crippen LogP contribution in [-0.4, -0.2) is 52.8 Å². The van der Waals surface area contributed by atoms with Gasteiger partial charge in [-0.1, -0.05) is 13.8 Å². The van der Waals surface area contributed by atoms with Crippen LogP contribution in [0, 0.1) is 5.92 Å². The van der Waals surface area contributed by atoms with E-state index < -0.39 is 10.8 Å². The quantitative estimate of drug-likeness (QED) is 0.788. The third kappa shape index (κ3) is 4.93. The Hall–Kier alpha value is 0.0700. The summed E-state index contributed by atoms with van der Waals surface area (Å²) in [4.78, 5) is 2.45. The van der Waals surface area contributed by atoms with Crippen molar-refractivity contribution in [2.45, 2.75) is 38.5 Å². The second kappa shape index (κ2) is 6.72. The van der Waals surface area contributed by atoms with Crippen LogP contribution in [-0.2, 0) is 10.8 Å². The fraction of sp³-hybridized carbons (Fsp3) is 1.00. The highest BCUT2D eigenvalue weighted by molar-refractivity contribution is 7.84. The van der Waals surface area contributed by atoms with Crippen LogP contribution in [0.3, 0.4) is 0 Å². The Morgan fingerprint density at radius 3 is 2.69 bits per heavy atom. The van der Waals surface area contributed by atoms with E-state index >= 15 is 0 Å². The molecule has 0 spiro atoms. The lowest BCUT2D eigenvalue weighted by Crippen LogP contribution is -2.52. The molecule has 1 aliphatic rings. The lowest BCUT2D eigenvalue weighted by atomic mass is 10.0. The molecular formula is C12H26N2OS. The molecule has 0 aromatic heterocycles. The van der Waals surface area contributed by atoms with Crippen molar-refractivity contribution in [2.75, 3.05) is 32.4 Å². The molecule has 3 atom stereocenters. The molecule has 1 fully saturated rings. The third-order valence-electron chi connectivity index (χ3n) is 3.18. The van der Waals surface area contributed by atoms with Gasteiger partial charge in [-0.2, -0.15) is 0 Å². The van der Waals surface area contributed by atoms with Crippen molar-refractivity contribution in [1.82, 2.24) is 10.2 Å². The van der Waals surface area contributed by atoms with Crippen molar-refractivity contribution < 1.29 is 4.21 Å². The lowest BCUT2D eigenvalue weighted by Gasteiger charge is -2.35. The number of hydrogen-bond donors (Lipinski definition) is 1. The van der Waals surface area contributed by atoms with Gasteiger partial charge in [0, 0.05) is 54.5 Å². The van der Waals surface area contributed by atoms with E-state index in [9.17, 15) is 4.21 Å². The molecule has 0 amide bonds. The van der Waals surface area contributed by atoms with E-state index in [1.807, 2.05) is 0 Å². The summed E-state index contributed by atoms with van der Waals surface area (Å²) < 4.78 is 11.3. The summed E-state index contributed by atoms with van der Waals surface area (Å²) in [5, 5.41) is 3.85. The topological polar surface area (TPSA) is 32.3 Å². The molecule has 1 heterocycles. The minimum Gasteiger partial charge on any atom is -0.311 e. The maximum absolute atomic E-state index is 11.3. The van der Waals surface area contributed by atoms with Crippen LogP contribution in [0.2, 0.25) is 0 Å². The van der Waals surface area contributed by atoms with Gasteiger partial charge in [-0.15, -0.1) is 0 Å². The van der Waals surface area contributed by atoms with Gasteiger partial charge in [0.25, 0.3) is 0 Å². The van der Waals surface area contributed by atoms with Gasteiger partial charge in [0.1, 0.15) is 0 Å². The van der Waals surface area contributed by atoms with Crippen LogP contribution in [0.1, 0.15) is 27.2 Å². The van der Waals surface area contributed by atoms with Crippen molar-refractivity contribution in [1.29, 1.82) is 0 Å². The van der Waals surface area contributed by atoms with E-state index in [0.29, 0.717) is 6.04 Å². The molecular weight excluding hydrogens is 220 g/mol. The Morgan fingerprint density at radius 2 is 2.12 bits per heavy atom. The zero-order chi connectivity index (χ0) is 12.1. The molecule has 16 heavy (non-hydrogen) atoms. The van der Waals surface area contributed by atoms with Crippen LogP contribution >= 0.6 is 0 Å². The van der Waals surface area contributed by atoms with Gasteiger partial charge in [0.2, 0.25) is 0 Å². The van der Waals surface area contributed by atoms with Gasteiger partial charge in [-0.05, 0) is 19.3 Å². The Bertz CT molecular complexity index is 233. The van der Waals surface area contributed by atoms with Crippen molar-refractivity contribution in [3.63, 3.8) is 0 Å². The predicted molar refractivity (Wildman–Crippen MR) is 71.2 cm³/mol. The fourth-order valence-corrected chi connectivity index (χ4v) is 2.68. The van der Waals surface area contributed by atoms with Crippen molar-refractivity contribution >= 4 is 10.8 Å². The van der Waals surface area contributed by atoms with Gasteiger partial charge in [0.05, 0.1) is 0 Å². The summed E-state index contributed by atoms with van der Waals surface area (Å²) in [5.41, 5.74) is 0. The first-order valence-corrected chi connectivity index (χ1v) is 7.89. The van der Waals surface area contributed by atoms with E-state index in [1.54, 1.807) is 6.26 Å². The van der Waals surface area contributed by atoms with Crippen molar-refractivity contribution in [2.24, 2.45) is 5.92 Å². The number of nitrogens with one attached hydrogen (secondary N) is 1. The Morgan fingerprint density at radius 1 is 1.44 bits per heavy atom. The second-order valence-electron chi connectivity index (χ2n) is 5.35. The summed E-state index contributed by atoms with van der Waals surface area (Å²) in [6.45, 7) is 10.9. The predicted octanol–water partition coefficient (Wildman–Crippen LogP) is 1.07. The average Bonchev–Trinajstić information content (AvgIpc) is 2.16. The minimum absolute atomic E-state index is 0.290. The molecule has 0 saturated carbocycles. The van der Waals surface area contributed by atoms with Gasteiger partial charge in [0.15, 0.2) is 0 Å². The first-order valence-electron chi connectivity index (χ1n) is 6.27. The summed E-state index contributed by atoms with van der Waals surface area (Å²) in [6, 6.07) is 0.617. The van der Waals surface area contributed by atoms with E-state index in [1.165, 1.54) is 6.42 Å². The highest BCUT2D eigenvalue weighted by Gasteiger charge is 2.21. The molecule has 0 aliphatic carbocycles. The number of nitrogens with zero attached hydrogens (tertiary/aromatic N) is 1. The standard InChI is InChI=1S/C12H26N2OS/c1-10(2)7-12-9-14(6-5-13-12)8-11(3)16(4)15/h10-13H,5-9H2,1-4H3. The molecule has 1 N–H and O–H groups in total. The number of hydrogen-bond acceptors (Lipinski definition) is 3. The highest BCUT2D eigenvalue weighted by atomic mass is 32.2. The first kappa shape index (κ1) is 14.1. The van der Waals surface area contributed by atoms with Gasteiger partial charge < -0.3 is 5.32 Å². The first-order chi connectivity index (χ1) is 7.49. The largest absolute Gasteiger partial charge is 0.311 e. The van der Waals surface area contributed by atoms with E-state index in [0.717, 1.165) is 32.1 Å². The molecule has 0 aromatic rings. The minimum atomic E-state index is -0.696. The van der Waals surface area contributed by atoms with Crippen LogP contribution in [0.25, 0.3) is 0 Å². The van der Waals surface area contributed by atoms with E-state index in [4.69, 9.17) is 0 Å². The van der Waals surface area contributed by atoms with Crippen molar-refractivity contribution in [3.8, 4) is 0 Å². The summed E-state index contributed by atoms with van der Waals surface area (Å²) >= 11 is 0. The molecule has 1 rings (SSSR count). The Balaban J connectivity index is 2.35. The number of rotatable bonds is 5. The highest BCUT2D eigenvalue weighted by Crippen LogP contribution is 2.10. The van der Waals surface area contributed by atoms with E-state index in [2.05, 4.69) is 31.0 Å². The smallest absolute Gasteiger partial charge is 0.0444 e. The summed E-state index contributed by atoms with van der Waals surface area (Å²) in [7, 11) is -0.696. The van der Waals surface area contributed by atoms with Crippen molar-refractivity contribution in [3.05, 3.63) is 0 Å². The SMILES string of the molecule is CC(C)CC1CN(CC(C)S(C)=O)CCN1. The molecule has 96 valence electrons. The normalized spacial score (nSPS) is 26.9. The number of piperazine rings is 1. The fourth-order valence-electron chi connectivity index (χ4n) is 2.26. The zero-order valence-electron chi connectivity index (χ0n) is 11.0. The molecule has 1 aliphatic heterocycles. The lowest BCUT2D eigenvalue weighted by molar-refractivity contribution is 0.188. The monoisotopic (exact) mass is 246 g/mol. The van der Waals surface area contributed by atoms with Crippen LogP contribution in [0.5, 0.6) is 0 Å².